The maximum absolute atomic E-state index is 13.5. The lowest BCUT2D eigenvalue weighted by Crippen LogP contribution is -2.22. The maximum Gasteiger partial charge on any atom is 0.220 e. The first kappa shape index (κ1) is 16.1. The second-order valence-corrected chi connectivity index (χ2v) is 6.86. The van der Waals surface area contributed by atoms with Crippen LogP contribution in [0.25, 0.3) is 11.0 Å². The average Bonchev–Trinajstić information content (AvgIpc) is 3.15. The second-order valence-electron chi connectivity index (χ2n) is 6.46. The molecule has 128 valence electrons. The molecule has 1 aliphatic rings. The molecule has 0 aliphatic carbocycles. The molecule has 0 unspecified atom stereocenters. The Bertz CT molecular complexity index is 982. The molecule has 2 aromatic carbocycles. The van der Waals surface area contributed by atoms with Crippen LogP contribution in [0.2, 0.25) is 5.02 Å². The first-order chi connectivity index (χ1) is 12.0. The largest absolute Gasteiger partial charge is 0.346 e. The highest BCUT2D eigenvalue weighted by molar-refractivity contribution is 6.30. The second kappa shape index (κ2) is 6.15. The first-order valence-corrected chi connectivity index (χ1v) is 8.59. The van der Waals surface area contributed by atoms with Crippen LogP contribution < -0.4 is 5.32 Å². The third kappa shape index (κ3) is 3.00. The quantitative estimate of drug-likeness (QED) is 0.765. The Kier molecular flexibility index (Phi) is 3.96. The molecule has 0 spiro atoms. The molecule has 6 heteroatoms. The zero-order valence-electron chi connectivity index (χ0n) is 13.7. The summed E-state index contributed by atoms with van der Waals surface area (Å²) in [6, 6.07) is 10.7. The molecule has 4 rings (SSSR count). The lowest BCUT2D eigenvalue weighted by Gasteiger charge is -2.14. The first-order valence-electron chi connectivity index (χ1n) is 8.21. The molecule has 0 saturated carbocycles. The Morgan fingerprint density at radius 2 is 2.16 bits per heavy atom. The number of imidazole rings is 1. The fraction of sp³-hybridized carbons (Fsp3) is 0.263. The number of aromatic nitrogens is 2. The molecule has 1 aromatic heterocycles. The number of rotatable bonds is 3. The zero-order chi connectivity index (χ0) is 17.6. The van der Waals surface area contributed by atoms with Gasteiger partial charge in [-0.1, -0.05) is 23.7 Å². The van der Waals surface area contributed by atoms with E-state index in [1.807, 2.05) is 19.1 Å². The number of nitrogens with zero attached hydrogens (tertiary/aromatic N) is 2. The summed E-state index contributed by atoms with van der Waals surface area (Å²) in [4.78, 5) is 16.4. The number of benzene rings is 2. The van der Waals surface area contributed by atoms with Gasteiger partial charge in [-0.2, -0.15) is 0 Å². The standard InChI is InChI=1S/C19H17ClFN3O/c1-11-2-5-15-17(8-11)24(10-12-3-4-14(21)13(20)9-12)19(23-15)16-6-7-18(25)22-16/h2-5,8-9,16H,6-7,10H2,1H3,(H,22,25)/t16-/m0/s1. The van der Waals surface area contributed by atoms with Gasteiger partial charge in [-0.3, -0.25) is 4.79 Å². The summed E-state index contributed by atoms with van der Waals surface area (Å²) in [5.41, 5.74) is 3.90. The molecular weight excluding hydrogens is 341 g/mol. The Morgan fingerprint density at radius 1 is 1.32 bits per heavy atom. The van der Waals surface area contributed by atoms with E-state index in [0.717, 1.165) is 34.4 Å². The summed E-state index contributed by atoms with van der Waals surface area (Å²) in [7, 11) is 0. The summed E-state index contributed by atoms with van der Waals surface area (Å²) < 4.78 is 15.5. The van der Waals surface area contributed by atoms with E-state index in [0.29, 0.717) is 13.0 Å². The van der Waals surface area contributed by atoms with Crippen LogP contribution in [0.15, 0.2) is 36.4 Å². The van der Waals surface area contributed by atoms with E-state index in [1.165, 1.54) is 6.07 Å². The predicted octanol–water partition coefficient (Wildman–Crippen LogP) is 4.14. The van der Waals surface area contributed by atoms with Crippen molar-refractivity contribution in [3.63, 3.8) is 0 Å². The van der Waals surface area contributed by atoms with Gasteiger partial charge < -0.3 is 9.88 Å². The van der Waals surface area contributed by atoms with Gasteiger partial charge in [-0.05, 0) is 48.7 Å². The smallest absolute Gasteiger partial charge is 0.220 e. The van der Waals surface area contributed by atoms with Gasteiger partial charge in [0, 0.05) is 13.0 Å². The molecule has 1 amide bonds. The van der Waals surface area contributed by atoms with Crippen molar-refractivity contribution in [3.05, 3.63) is 64.2 Å². The SMILES string of the molecule is Cc1ccc2nc([C@@H]3CCC(=O)N3)n(Cc3ccc(F)c(Cl)c3)c2c1. The van der Waals surface area contributed by atoms with Crippen LogP contribution in [0.5, 0.6) is 0 Å². The van der Waals surface area contributed by atoms with Crippen LogP contribution in [0.1, 0.15) is 35.8 Å². The van der Waals surface area contributed by atoms with Gasteiger partial charge in [0.25, 0.3) is 0 Å². The van der Waals surface area contributed by atoms with Crippen LogP contribution in [0.3, 0.4) is 0 Å². The fourth-order valence-electron chi connectivity index (χ4n) is 3.31. The highest BCUT2D eigenvalue weighted by Gasteiger charge is 2.27. The van der Waals surface area contributed by atoms with E-state index >= 15 is 0 Å². The number of halogens is 2. The molecule has 1 atom stereocenters. The number of fused-ring (bicyclic) bond motifs is 1. The molecular formula is C19H17ClFN3O. The predicted molar refractivity (Wildman–Crippen MR) is 95.1 cm³/mol. The van der Waals surface area contributed by atoms with Crippen molar-refractivity contribution in [2.24, 2.45) is 0 Å². The molecule has 25 heavy (non-hydrogen) atoms. The molecule has 1 fully saturated rings. The summed E-state index contributed by atoms with van der Waals surface area (Å²) in [5, 5.41) is 3.09. The third-order valence-corrected chi connectivity index (χ3v) is 4.85. The minimum absolute atomic E-state index is 0.0459. The van der Waals surface area contributed by atoms with Crippen molar-refractivity contribution in [2.45, 2.75) is 32.4 Å². The number of hydrogen-bond donors (Lipinski definition) is 1. The number of carbonyl (C=O) groups excluding carboxylic acids is 1. The number of amides is 1. The Labute approximate surface area is 149 Å². The van der Waals surface area contributed by atoms with Crippen molar-refractivity contribution in [1.29, 1.82) is 0 Å². The van der Waals surface area contributed by atoms with E-state index < -0.39 is 5.82 Å². The van der Waals surface area contributed by atoms with Crippen LogP contribution in [-0.2, 0) is 11.3 Å². The molecule has 4 nitrogen and oxygen atoms in total. The lowest BCUT2D eigenvalue weighted by molar-refractivity contribution is -0.119. The molecule has 1 aliphatic heterocycles. The highest BCUT2D eigenvalue weighted by Crippen LogP contribution is 2.29. The zero-order valence-corrected chi connectivity index (χ0v) is 14.5. The molecule has 1 N–H and O–H groups in total. The summed E-state index contributed by atoms with van der Waals surface area (Å²) in [5.74, 6) is 0.441. The van der Waals surface area contributed by atoms with Gasteiger partial charge in [-0.15, -0.1) is 0 Å². The number of carbonyl (C=O) groups is 1. The normalized spacial score (nSPS) is 17.2. The van der Waals surface area contributed by atoms with Gasteiger partial charge in [-0.25, -0.2) is 9.37 Å². The van der Waals surface area contributed by atoms with E-state index in [4.69, 9.17) is 16.6 Å². The Balaban J connectivity index is 1.82. The Morgan fingerprint density at radius 3 is 2.88 bits per heavy atom. The van der Waals surface area contributed by atoms with Crippen molar-refractivity contribution in [3.8, 4) is 0 Å². The fourth-order valence-corrected chi connectivity index (χ4v) is 3.52. The minimum Gasteiger partial charge on any atom is -0.346 e. The summed E-state index contributed by atoms with van der Waals surface area (Å²) in [6.07, 6.45) is 1.24. The highest BCUT2D eigenvalue weighted by atomic mass is 35.5. The topological polar surface area (TPSA) is 46.9 Å². The van der Waals surface area contributed by atoms with Crippen LogP contribution in [0.4, 0.5) is 4.39 Å². The van der Waals surface area contributed by atoms with Gasteiger partial charge in [0.1, 0.15) is 11.6 Å². The van der Waals surface area contributed by atoms with E-state index in [-0.39, 0.29) is 17.0 Å². The summed E-state index contributed by atoms with van der Waals surface area (Å²) in [6.45, 7) is 2.55. The van der Waals surface area contributed by atoms with Crippen molar-refractivity contribution in [2.75, 3.05) is 0 Å². The number of hydrogen-bond acceptors (Lipinski definition) is 2. The average molecular weight is 358 g/mol. The van der Waals surface area contributed by atoms with Crippen LogP contribution in [0, 0.1) is 12.7 Å². The monoisotopic (exact) mass is 357 g/mol. The number of nitrogens with one attached hydrogen (secondary N) is 1. The van der Waals surface area contributed by atoms with Crippen LogP contribution >= 0.6 is 11.6 Å². The molecule has 1 saturated heterocycles. The van der Waals surface area contributed by atoms with Crippen molar-refractivity contribution in [1.82, 2.24) is 14.9 Å². The van der Waals surface area contributed by atoms with E-state index in [9.17, 15) is 9.18 Å². The molecule has 0 bridgehead atoms. The lowest BCUT2D eigenvalue weighted by atomic mass is 10.1. The maximum atomic E-state index is 13.5. The van der Waals surface area contributed by atoms with Gasteiger partial charge in [0.2, 0.25) is 5.91 Å². The van der Waals surface area contributed by atoms with Crippen molar-refractivity contribution >= 4 is 28.5 Å². The minimum atomic E-state index is -0.431. The van der Waals surface area contributed by atoms with Crippen molar-refractivity contribution < 1.29 is 9.18 Å². The number of aryl methyl sites for hydroxylation is 1. The van der Waals surface area contributed by atoms with Gasteiger partial charge in [0.05, 0.1) is 22.1 Å². The van der Waals surface area contributed by atoms with Gasteiger partial charge in [0.15, 0.2) is 0 Å². The summed E-state index contributed by atoms with van der Waals surface area (Å²) >= 11 is 5.93. The van der Waals surface area contributed by atoms with Gasteiger partial charge >= 0.3 is 0 Å². The van der Waals surface area contributed by atoms with E-state index in [1.54, 1.807) is 12.1 Å². The molecule has 2 heterocycles. The van der Waals surface area contributed by atoms with E-state index in [2.05, 4.69) is 16.0 Å². The molecule has 3 aromatic rings. The van der Waals surface area contributed by atoms with Crippen LogP contribution in [-0.4, -0.2) is 15.5 Å². The Hall–Kier alpha value is -2.40. The molecule has 0 radical (unpaired) electrons. The third-order valence-electron chi connectivity index (χ3n) is 4.56.